The second kappa shape index (κ2) is 9.38. The third kappa shape index (κ3) is 4.08. The lowest BCUT2D eigenvalue weighted by Crippen LogP contribution is -2.53. The van der Waals surface area contributed by atoms with Gasteiger partial charge in [-0.2, -0.15) is 0 Å². The molecule has 0 amide bonds. The lowest BCUT2D eigenvalue weighted by atomic mass is 9.46. The highest BCUT2D eigenvalue weighted by Gasteiger charge is 2.60. The summed E-state index contributed by atoms with van der Waals surface area (Å²) in [5.41, 5.74) is 3.17. The molecule has 0 aromatic heterocycles. The number of hydrogen-bond acceptors (Lipinski definition) is 4. The second-order valence-electron chi connectivity index (χ2n) is 12.9. The Bertz CT molecular complexity index is 814. The first-order valence-corrected chi connectivity index (χ1v) is 13.8. The lowest BCUT2D eigenvalue weighted by molar-refractivity contribution is -0.0430. The van der Waals surface area contributed by atoms with Crippen molar-refractivity contribution in [3.05, 3.63) is 11.6 Å². The van der Waals surface area contributed by atoms with Gasteiger partial charge in [0.05, 0.1) is 11.4 Å². The first kappa shape index (κ1) is 24.8. The number of oxime groups is 2. The lowest BCUT2D eigenvalue weighted by Gasteiger charge is -2.58. The molecule has 0 radical (unpaired) electrons. The molecule has 1 unspecified atom stereocenters. The minimum atomic E-state index is 0.0370. The van der Waals surface area contributed by atoms with Crippen molar-refractivity contribution in [2.24, 2.45) is 62.6 Å². The van der Waals surface area contributed by atoms with E-state index in [9.17, 15) is 10.4 Å². The van der Waals surface area contributed by atoms with E-state index >= 15 is 0 Å². The molecule has 0 aliphatic heterocycles. The maximum atomic E-state index is 9.97. The molecule has 186 valence electrons. The smallest absolute Gasteiger partial charge is 0.0836 e. The molecule has 8 atom stereocenters. The van der Waals surface area contributed by atoms with Gasteiger partial charge in [0.2, 0.25) is 0 Å². The van der Waals surface area contributed by atoms with Gasteiger partial charge in [-0.25, -0.2) is 0 Å². The summed E-state index contributed by atoms with van der Waals surface area (Å²) in [6, 6.07) is 0. The molecule has 0 aromatic carbocycles. The first-order chi connectivity index (χ1) is 15.7. The highest BCUT2D eigenvalue weighted by molar-refractivity contribution is 6.09. The Kier molecular flexibility index (Phi) is 7.05. The number of allylic oxidation sites excluding steroid dienone is 2. The molecule has 0 bridgehead atoms. The molecule has 0 spiro atoms. The Morgan fingerprint density at radius 2 is 1.76 bits per heavy atom. The zero-order chi connectivity index (χ0) is 24.0. The van der Waals surface area contributed by atoms with Crippen LogP contribution in [0.25, 0.3) is 0 Å². The van der Waals surface area contributed by atoms with Crippen LogP contribution in [-0.4, -0.2) is 21.8 Å². The maximum absolute atomic E-state index is 9.97. The first-order valence-electron chi connectivity index (χ1n) is 13.8. The van der Waals surface area contributed by atoms with E-state index in [0.29, 0.717) is 17.3 Å². The van der Waals surface area contributed by atoms with E-state index in [1.54, 1.807) is 0 Å². The van der Waals surface area contributed by atoms with Crippen molar-refractivity contribution in [2.75, 3.05) is 0 Å². The van der Waals surface area contributed by atoms with Crippen LogP contribution in [0.15, 0.2) is 22.0 Å². The average molecular weight is 457 g/mol. The third-order valence-electron chi connectivity index (χ3n) is 11.3. The van der Waals surface area contributed by atoms with Gasteiger partial charge in [-0.1, -0.05) is 64.7 Å². The van der Waals surface area contributed by atoms with E-state index in [0.717, 1.165) is 65.8 Å². The number of rotatable bonds is 6. The minimum absolute atomic E-state index is 0.0370. The van der Waals surface area contributed by atoms with Crippen molar-refractivity contribution in [3.63, 3.8) is 0 Å². The van der Waals surface area contributed by atoms with Gasteiger partial charge in [-0.05, 0) is 115 Å². The third-order valence-corrected chi connectivity index (χ3v) is 11.3. The molecule has 3 fully saturated rings. The fourth-order valence-corrected chi connectivity index (χ4v) is 9.26. The van der Waals surface area contributed by atoms with E-state index in [2.05, 4.69) is 51.9 Å². The van der Waals surface area contributed by atoms with Crippen LogP contribution in [0.1, 0.15) is 106 Å². The fourth-order valence-electron chi connectivity index (χ4n) is 9.26. The molecule has 3 saturated carbocycles. The van der Waals surface area contributed by atoms with Gasteiger partial charge < -0.3 is 10.4 Å². The van der Waals surface area contributed by atoms with E-state index < -0.39 is 0 Å². The van der Waals surface area contributed by atoms with Gasteiger partial charge >= 0.3 is 0 Å². The van der Waals surface area contributed by atoms with Crippen molar-refractivity contribution >= 4 is 11.4 Å². The topological polar surface area (TPSA) is 65.2 Å². The quantitative estimate of drug-likeness (QED) is 0.315. The van der Waals surface area contributed by atoms with Gasteiger partial charge in [-0.3, -0.25) is 0 Å². The van der Waals surface area contributed by atoms with Crippen molar-refractivity contribution in [1.29, 1.82) is 0 Å². The fraction of sp³-hybridized carbons (Fsp3) is 0.862. The van der Waals surface area contributed by atoms with Crippen molar-refractivity contribution in [1.82, 2.24) is 0 Å². The second-order valence-corrected chi connectivity index (χ2v) is 12.9. The van der Waals surface area contributed by atoms with Crippen LogP contribution in [0.5, 0.6) is 0 Å². The zero-order valence-electron chi connectivity index (χ0n) is 22.0. The van der Waals surface area contributed by atoms with Crippen LogP contribution in [0.2, 0.25) is 0 Å². The van der Waals surface area contributed by atoms with E-state index in [4.69, 9.17) is 0 Å². The summed E-state index contributed by atoms with van der Waals surface area (Å²) in [7, 11) is 0. The number of nitrogens with zero attached hydrogens (tertiary/aromatic N) is 2. The van der Waals surface area contributed by atoms with Crippen LogP contribution >= 0.6 is 0 Å². The summed E-state index contributed by atoms with van der Waals surface area (Å²) in [6.07, 6.45) is 14.1. The zero-order valence-corrected chi connectivity index (χ0v) is 22.0. The van der Waals surface area contributed by atoms with Crippen molar-refractivity contribution in [2.45, 2.75) is 106 Å². The standard InChI is InChI=1S/C29H48N2O2/c1-7-20(18(2)3)9-8-19(4)23-10-11-24-22-17-27(31-33)26-16-21(30-32)12-14-29(26,6)25(22)13-15-28(23,24)5/h16,18-20,22-25,32-33H,7-15,17H2,1-6H3/t19-,20?,22+,23-,24+,25+,28-,29-/m1/s1. The summed E-state index contributed by atoms with van der Waals surface area (Å²) in [5.74, 6) is 5.26. The van der Waals surface area contributed by atoms with Crippen LogP contribution in [0.3, 0.4) is 0 Å². The normalized spacial score (nSPS) is 42.6. The Hall–Kier alpha value is -1.32. The highest BCUT2D eigenvalue weighted by Crippen LogP contribution is 2.67. The molecule has 33 heavy (non-hydrogen) atoms. The molecule has 4 rings (SSSR count). The molecule has 0 saturated heterocycles. The largest absolute Gasteiger partial charge is 0.411 e. The Balaban J connectivity index is 1.55. The van der Waals surface area contributed by atoms with Gasteiger partial charge in [-0.15, -0.1) is 0 Å². The Labute approximate surface area is 202 Å². The van der Waals surface area contributed by atoms with E-state index in [-0.39, 0.29) is 5.41 Å². The monoisotopic (exact) mass is 456 g/mol. The Morgan fingerprint density at radius 1 is 1.00 bits per heavy atom. The molecule has 2 N–H and O–H groups in total. The van der Waals surface area contributed by atoms with Gasteiger partial charge in [0.1, 0.15) is 0 Å². The van der Waals surface area contributed by atoms with Gasteiger partial charge in [0, 0.05) is 0 Å². The van der Waals surface area contributed by atoms with Gasteiger partial charge in [0.25, 0.3) is 0 Å². The van der Waals surface area contributed by atoms with Gasteiger partial charge in [0.15, 0.2) is 0 Å². The van der Waals surface area contributed by atoms with E-state index in [1.165, 1.54) is 44.9 Å². The summed E-state index contributed by atoms with van der Waals surface area (Å²) in [6.45, 7) is 14.7. The van der Waals surface area contributed by atoms with Crippen LogP contribution < -0.4 is 0 Å². The molecule has 4 heteroatoms. The van der Waals surface area contributed by atoms with Crippen LogP contribution in [0.4, 0.5) is 0 Å². The molecule has 4 aliphatic carbocycles. The molecule has 0 heterocycles. The molecule has 0 aromatic rings. The predicted octanol–water partition coefficient (Wildman–Crippen LogP) is 7.93. The van der Waals surface area contributed by atoms with E-state index in [1.807, 2.05) is 6.08 Å². The Morgan fingerprint density at radius 3 is 2.39 bits per heavy atom. The summed E-state index contributed by atoms with van der Waals surface area (Å²) in [5, 5.41) is 26.6. The number of fused-ring (bicyclic) bond motifs is 5. The number of hydrogen-bond donors (Lipinski definition) is 2. The van der Waals surface area contributed by atoms with Crippen LogP contribution in [-0.2, 0) is 0 Å². The van der Waals surface area contributed by atoms with Crippen LogP contribution in [0, 0.1) is 52.3 Å². The average Bonchev–Trinajstić information content (AvgIpc) is 3.15. The SMILES string of the molecule is CCC(CC[C@@H](C)[C@H]1CC[C@H]2[C@@H]3CC(=NO)C4=CC(=NO)CC[C@]4(C)[C@H]3CC[C@]12C)C(C)C. The maximum Gasteiger partial charge on any atom is 0.0836 e. The van der Waals surface area contributed by atoms with Crippen molar-refractivity contribution in [3.8, 4) is 0 Å². The predicted molar refractivity (Wildman–Crippen MR) is 136 cm³/mol. The summed E-state index contributed by atoms with van der Waals surface area (Å²) < 4.78 is 0. The summed E-state index contributed by atoms with van der Waals surface area (Å²) >= 11 is 0. The molecule has 4 nitrogen and oxygen atoms in total. The molecular formula is C29H48N2O2. The molecular weight excluding hydrogens is 408 g/mol. The highest BCUT2D eigenvalue weighted by atomic mass is 16.4. The minimum Gasteiger partial charge on any atom is -0.411 e. The molecule has 4 aliphatic rings. The summed E-state index contributed by atoms with van der Waals surface area (Å²) in [4.78, 5) is 0. The van der Waals surface area contributed by atoms with Crippen molar-refractivity contribution < 1.29 is 10.4 Å².